The van der Waals surface area contributed by atoms with Crippen LogP contribution >= 0.6 is 0 Å². The maximum atomic E-state index is 14.3. The number of hydrogen-bond donors (Lipinski definition) is 1. The number of rotatable bonds is 2. The molecule has 0 bridgehead atoms. The molecule has 2 saturated heterocycles. The third-order valence-electron chi connectivity index (χ3n) is 4.30. The summed E-state index contributed by atoms with van der Waals surface area (Å²) in [4.78, 5) is 19.6. The van der Waals surface area contributed by atoms with E-state index < -0.39 is 42.1 Å². The molecule has 128 valence electrons. The number of aryl methyl sites for hydroxylation is 1. The standard InChI is InChI=1S/C15H16FN3O5/c1-6-8-7(16)4-19(12(8)18-5-17-6)13-10-9(11(22-13)14(20)21)23-15(2,3)24-10/h4-5,9-11,13H,1-3H3,(H,20,21)/t9-,10+,11-,13+/m0/s1. The van der Waals surface area contributed by atoms with Crippen molar-refractivity contribution in [1.29, 1.82) is 0 Å². The summed E-state index contributed by atoms with van der Waals surface area (Å²) < 4.78 is 32.9. The summed E-state index contributed by atoms with van der Waals surface area (Å²) in [6.45, 7) is 5.07. The number of ether oxygens (including phenoxy) is 3. The number of aromatic nitrogens is 3. The third-order valence-corrected chi connectivity index (χ3v) is 4.30. The van der Waals surface area contributed by atoms with Gasteiger partial charge in [-0.05, 0) is 20.8 Å². The zero-order chi connectivity index (χ0) is 17.2. The molecule has 4 rings (SSSR count). The average Bonchev–Trinajstić information content (AvgIpc) is 3.08. The van der Waals surface area contributed by atoms with Crippen LogP contribution < -0.4 is 0 Å². The lowest BCUT2D eigenvalue weighted by Gasteiger charge is -2.23. The molecule has 9 heteroatoms. The summed E-state index contributed by atoms with van der Waals surface area (Å²) in [6, 6.07) is 0. The van der Waals surface area contributed by atoms with Gasteiger partial charge in [0.2, 0.25) is 0 Å². The molecule has 0 unspecified atom stereocenters. The van der Waals surface area contributed by atoms with Crippen molar-refractivity contribution < 1.29 is 28.5 Å². The molecule has 24 heavy (non-hydrogen) atoms. The number of carbonyl (C=O) groups is 1. The molecular weight excluding hydrogens is 321 g/mol. The van der Waals surface area contributed by atoms with Crippen molar-refractivity contribution in [2.45, 2.75) is 51.1 Å². The predicted octanol–water partition coefficient (Wildman–Crippen LogP) is 1.38. The Morgan fingerprint density at radius 3 is 2.75 bits per heavy atom. The Morgan fingerprint density at radius 1 is 1.33 bits per heavy atom. The Labute approximate surface area is 136 Å². The first-order chi connectivity index (χ1) is 11.3. The Balaban J connectivity index is 1.82. The van der Waals surface area contributed by atoms with Crippen LogP contribution in [-0.2, 0) is 19.0 Å². The molecule has 2 aliphatic rings. The minimum Gasteiger partial charge on any atom is -0.479 e. The summed E-state index contributed by atoms with van der Waals surface area (Å²) in [5, 5.41) is 9.66. The molecule has 8 nitrogen and oxygen atoms in total. The van der Waals surface area contributed by atoms with Gasteiger partial charge in [-0.3, -0.25) is 0 Å². The maximum Gasteiger partial charge on any atom is 0.335 e. The number of aliphatic carboxylic acids is 1. The highest BCUT2D eigenvalue weighted by molar-refractivity contribution is 5.79. The summed E-state index contributed by atoms with van der Waals surface area (Å²) >= 11 is 0. The summed E-state index contributed by atoms with van der Waals surface area (Å²) in [5.41, 5.74) is 0.813. The fourth-order valence-electron chi connectivity index (χ4n) is 3.38. The van der Waals surface area contributed by atoms with E-state index in [1.54, 1.807) is 20.8 Å². The van der Waals surface area contributed by atoms with E-state index in [2.05, 4.69) is 9.97 Å². The van der Waals surface area contributed by atoms with Gasteiger partial charge in [0.25, 0.3) is 0 Å². The van der Waals surface area contributed by atoms with Gasteiger partial charge in [-0.1, -0.05) is 0 Å². The fraction of sp³-hybridized carbons (Fsp3) is 0.533. The van der Waals surface area contributed by atoms with Crippen LogP contribution in [0.4, 0.5) is 4.39 Å². The van der Waals surface area contributed by atoms with Gasteiger partial charge >= 0.3 is 5.97 Å². The largest absolute Gasteiger partial charge is 0.479 e. The first kappa shape index (κ1) is 15.4. The minimum atomic E-state index is -1.20. The normalized spacial score (nSPS) is 31.5. The lowest BCUT2D eigenvalue weighted by Crippen LogP contribution is -2.35. The summed E-state index contributed by atoms with van der Waals surface area (Å²) in [7, 11) is 0. The number of carboxylic acid groups (broad SMARTS) is 1. The minimum absolute atomic E-state index is 0.273. The SMILES string of the molecule is Cc1ncnc2c1c(F)cn2[C@@H]1O[C@H](C(=O)O)[C@H]2OC(C)(C)O[C@H]21. The molecule has 0 aromatic carbocycles. The zero-order valence-electron chi connectivity index (χ0n) is 13.3. The van der Waals surface area contributed by atoms with Gasteiger partial charge in [0, 0.05) is 6.20 Å². The van der Waals surface area contributed by atoms with E-state index in [4.69, 9.17) is 14.2 Å². The zero-order valence-corrected chi connectivity index (χ0v) is 13.3. The van der Waals surface area contributed by atoms with E-state index in [0.29, 0.717) is 11.3 Å². The van der Waals surface area contributed by atoms with Crippen molar-refractivity contribution in [3.8, 4) is 0 Å². The van der Waals surface area contributed by atoms with Crippen LogP contribution in [0.3, 0.4) is 0 Å². The van der Waals surface area contributed by atoms with E-state index in [1.807, 2.05) is 0 Å². The smallest absolute Gasteiger partial charge is 0.335 e. The molecule has 4 atom stereocenters. The van der Waals surface area contributed by atoms with E-state index in [0.717, 1.165) is 0 Å². The Hall–Kier alpha value is -2.10. The highest BCUT2D eigenvalue weighted by Gasteiger charge is 2.58. The molecular formula is C15H16FN3O5. The molecule has 2 aliphatic heterocycles. The van der Waals surface area contributed by atoms with E-state index in [1.165, 1.54) is 17.1 Å². The molecule has 1 N–H and O–H groups in total. The van der Waals surface area contributed by atoms with Crippen molar-refractivity contribution in [2.24, 2.45) is 0 Å². The average molecular weight is 337 g/mol. The second kappa shape index (κ2) is 4.95. The summed E-state index contributed by atoms with van der Waals surface area (Å²) in [6.07, 6.45) is -0.987. The fourth-order valence-corrected chi connectivity index (χ4v) is 3.38. The van der Waals surface area contributed by atoms with Crippen LogP contribution in [0.1, 0.15) is 25.8 Å². The second-order valence-corrected chi connectivity index (χ2v) is 6.39. The van der Waals surface area contributed by atoms with Crippen molar-refractivity contribution in [3.63, 3.8) is 0 Å². The van der Waals surface area contributed by atoms with Crippen LogP contribution in [0.15, 0.2) is 12.5 Å². The number of halogens is 1. The lowest BCUT2D eigenvalue weighted by atomic mass is 10.1. The van der Waals surface area contributed by atoms with Crippen LogP contribution in [0.2, 0.25) is 0 Å². The molecule has 0 amide bonds. The molecule has 0 spiro atoms. The number of fused-ring (bicyclic) bond motifs is 2. The second-order valence-electron chi connectivity index (χ2n) is 6.39. The van der Waals surface area contributed by atoms with Gasteiger partial charge in [0.05, 0.1) is 11.1 Å². The molecule has 0 aliphatic carbocycles. The molecule has 2 aromatic rings. The van der Waals surface area contributed by atoms with Gasteiger partial charge in [0.1, 0.15) is 24.2 Å². The lowest BCUT2D eigenvalue weighted by molar-refractivity contribution is -0.202. The molecule has 2 fully saturated rings. The van der Waals surface area contributed by atoms with Crippen LogP contribution in [0.5, 0.6) is 0 Å². The maximum absolute atomic E-state index is 14.3. The number of carboxylic acids is 1. The summed E-state index contributed by atoms with van der Waals surface area (Å²) in [5.74, 6) is -2.60. The highest BCUT2D eigenvalue weighted by Crippen LogP contribution is 2.44. The van der Waals surface area contributed by atoms with Crippen LogP contribution in [0.25, 0.3) is 11.0 Å². The predicted molar refractivity (Wildman–Crippen MR) is 77.6 cm³/mol. The molecule has 0 radical (unpaired) electrons. The van der Waals surface area contributed by atoms with Crippen molar-refractivity contribution in [2.75, 3.05) is 0 Å². The van der Waals surface area contributed by atoms with Gasteiger partial charge in [0.15, 0.2) is 23.9 Å². The Kier molecular flexibility index (Phi) is 3.18. The molecule has 0 saturated carbocycles. The van der Waals surface area contributed by atoms with E-state index in [9.17, 15) is 14.3 Å². The topological polar surface area (TPSA) is 95.7 Å². The van der Waals surface area contributed by atoms with Gasteiger partial charge < -0.3 is 23.9 Å². The molecule has 2 aromatic heterocycles. The van der Waals surface area contributed by atoms with Gasteiger partial charge in [-0.25, -0.2) is 19.2 Å². The number of nitrogens with zero attached hydrogens (tertiary/aromatic N) is 3. The van der Waals surface area contributed by atoms with Crippen molar-refractivity contribution in [1.82, 2.24) is 14.5 Å². The Bertz CT molecular complexity index is 836. The van der Waals surface area contributed by atoms with Gasteiger partial charge in [-0.15, -0.1) is 0 Å². The van der Waals surface area contributed by atoms with Gasteiger partial charge in [-0.2, -0.15) is 0 Å². The number of hydrogen-bond acceptors (Lipinski definition) is 6. The molecule has 4 heterocycles. The van der Waals surface area contributed by atoms with Crippen LogP contribution in [-0.4, -0.2) is 49.7 Å². The quantitative estimate of drug-likeness (QED) is 0.884. The third kappa shape index (κ3) is 2.12. The van der Waals surface area contributed by atoms with E-state index >= 15 is 0 Å². The van der Waals surface area contributed by atoms with E-state index in [-0.39, 0.29) is 5.39 Å². The first-order valence-electron chi connectivity index (χ1n) is 7.50. The first-order valence-corrected chi connectivity index (χ1v) is 7.50. The monoisotopic (exact) mass is 337 g/mol. The Morgan fingerprint density at radius 2 is 2.04 bits per heavy atom. The van der Waals surface area contributed by atoms with Crippen LogP contribution in [0, 0.1) is 12.7 Å². The van der Waals surface area contributed by atoms with Crippen molar-refractivity contribution >= 4 is 17.0 Å². The highest BCUT2D eigenvalue weighted by atomic mass is 19.1. The van der Waals surface area contributed by atoms with Crippen molar-refractivity contribution in [3.05, 3.63) is 24.0 Å².